The average molecular weight is 332 g/mol. The fourth-order valence-corrected chi connectivity index (χ4v) is 2.92. The molecule has 1 aliphatic heterocycles. The molecule has 6 heteroatoms. The molecule has 1 heterocycles. The minimum atomic E-state index is -0.786. The Balaban J connectivity index is 2.03. The number of nitrogens with zero attached hydrogens (tertiary/aromatic N) is 2. The zero-order chi connectivity index (χ0) is 17.7. The fourth-order valence-electron chi connectivity index (χ4n) is 2.92. The molecule has 2 rings (SSSR count). The smallest absolute Gasteiger partial charge is 0.303 e. The molecule has 1 aromatic carbocycles. The number of rotatable bonds is 5. The number of carbonyl (C=O) groups is 3. The molecule has 0 unspecified atom stereocenters. The van der Waals surface area contributed by atoms with Crippen LogP contribution < -0.4 is 0 Å². The SMILES string of the molecule is CCN(C)C(=O)c1cccc(C(=O)N2CCC(CC(=O)O)CC2)c1. The molecule has 1 fully saturated rings. The lowest BCUT2D eigenvalue weighted by molar-refractivity contribution is -0.138. The second-order valence-corrected chi connectivity index (χ2v) is 6.23. The van der Waals surface area contributed by atoms with Crippen molar-refractivity contribution in [1.82, 2.24) is 9.80 Å². The van der Waals surface area contributed by atoms with Gasteiger partial charge in [0, 0.05) is 44.2 Å². The van der Waals surface area contributed by atoms with Crippen LogP contribution in [0.3, 0.4) is 0 Å². The Labute approximate surface area is 142 Å². The summed E-state index contributed by atoms with van der Waals surface area (Å²) in [5.74, 6) is -0.853. The lowest BCUT2D eigenvalue weighted by Gasteiger charge is -2.31. The molecule has 24 heavy (non-hydrogen) atoms. The third kappa shape index (κ3) is 4.34. The van der Waals surface area contributed by atoms with Crippen LogP contribution in [0.2, 0.25) is 0 Å². The van der Waals surface area contributed by atoms with Crippen LogP contribution in [0.5, 0.6) is 0 Å². The van der Waals surface area contributed by atoms with Crippen molar-refractivity contribution < 1.29 is 19.5 Å². The van der Waals surface area contributed by atoms with E-state index < -0.39 is 5.97 Å². The largest absolute Gasteiger partial charge is 0.481 e. The van der Waals surface area contributed by atoms with Gasteiger partial charge >= 0.3 is 5.97 Å². The minimum absolute atomic E-state index is 0.0995. The second kappa shape index (κ2) is 7.95. The van der Waals surface area contributed by atoms with Crippen molar-refractivity contribution in [3.05, 3.63) is 35.4 Å². The summed E-state index contributed by atoms with van der Waals surface area (Å²) in [5.41, 5.74) is 1.01. The molecule has 0 aliphatic carbocycles. The zero-order valence-electron chi connectivity index (χ0n) is 14.2. The molecule has 0 radical (unpaired) electrons. The first kappa shape index (κ1) is 18.0. The molecule has 2 amide bonds. The van der Waals surface area contributed by atoms with E-state index in [4.69, 9.17) is 5.11 Å². The van der Waals surface area contributed by atoms with Gasteiger partial charge in [0.2, 0.25) is 0 Å². The van der Waals surface area contributed by atoms with E-state index in [2.05, 4.69) is 0 Å². The van der Waals surface area contributed by atoms with Crippen molar-refractivity contribution in [1.29, 1.82) is 0 Å². The molecular weight excluding hydrogens is 308 g/mol. The van der Waals surface area contributed by atoms with E-state index >= 15 is 0 Å². The maximum Gasteiger partial charge on any atom is 0.303 e. The van der Waals surface area contributed by atoms with Crippen LogP contribution in [0.4, 0.5) is 0 Å². The van der Waals surface area contributed by atoms with Gasteiger partial charge in [-0.1, -0.05) is 6.07 Å². The highest BCUT2D eigenvalue weighted by Crippen LogP contribution is 2.22. The molecular formula is C18H24N2O4. The highest BCUT2D eigenvalue weighted by molar-refractivity contribution is 5.99. The zero-order valence-corrected chi connectivity index (χ0v) is 14.2. The maximum absolute atomic E-state index is 12.6. The summed E-state index contributed by atoms with van der Waals surface area (Å²) in [6.07, 6.45) is 1.57. The first-order valence-corrected chi connectivity index (χ1v) is 8.29. The number of amides is 2. The quantitative estimate of drug-likeness (QED) is 0.896. The Morgan fingerprint density at radius 2 is 1.83 bits per heavy atom. The summed E-state index contributed by atoms with van der Waals surface area (Å²) in [6, 6.07) is 6.79. The summed E-state index contributed by atoms with van der Waals surface area (Å²) in [4.78, 5) is 39.0. The Morgan fingerprint density at radius 3 is 2.42 bits per heavy atom. The third-order valence-electron chi connectivity index (χ3n) is 4.54. The number of hydrogen-bond donors (Lipinski definition) is 1. The first-order chi connectivity index (χ1) is 11.4. The molecule has 1 N–H and O–H groups in total. The lowest BCUT2D eigenvalue weighted by Crippen LogP contribution is -2.39. The van der Waals surface area contributed by atoms with E-state index in [1.807, 2.05) is 6.92 Å². The minimum Gasteiger partial charge on any atom is -0.481 e. The molecule has 0 atom stereocenters. The number of carboxylic acid groups (broad SMARTS) is 1. The Bertz CT molecular complexity index is 621. The monoisotopic (exact) mass is 332 g/mol. The number of carbonyl (C=O) groups excluding carboxylic acids is 2. The Morgan fingerprint density at radius 1 is 1.21 bits per heavy atom. The van der Waals surface area contributed by atoms with Crippen molar-refractivity contribution in [2.24, 2.45) is 5.92 Å². The summed E-state index contributed by atoms with van der Waals surface area (Å²) in [7, 11) is 1.73. The van der Waals surface area contributed by atoms with E-state index in [-0.39, 0.29) is 24.2 Å². The third-order valence-corrected chi connectivity index (χ3v) is 4.54. The average Bonchev–Trinajstić information content (AvgIpc) is 2.60. The van der Waals surface area contributed by atoms with Gasteiger partial charge in [-0.25, -0.2) is 0 Å². The highest BCUT2D eigenvalue weighted by atomic mass is 16.4. The maximum atomic E-state index is 12.6. The van der Waals surface area contributed by atoms with E-state index in [0.717, 1.165) is 0 Å². The van der Waals surface area contributed by atoms with Crippen LogP contribution in [0.25, 0.3) is 0 Å². The Hall–Kier alpha value is -2.37. The van der Waals surface area contributed by atoms with Gasteiger partial charge < -0.3 is 14.9 Å². The molecule has 0 spiro atoms. The Kier molecular flexibility index (Phi) is 5.95. The van der Waals surface area contributed by atoms with Crippen molar-refractivity contribution in [3.8, 4) is 0 Å². The predicted octanol–water partition coefficient (Wildman–Crippen LogP) is 2.11. The van der Waals surface area contributed by atoms with Crippen LogP contribution in [0.15, 0.2) is 24.3 Å². The van der Waals surface area contributed by atoms with Crippen LogP contribution in [0.1, 0.15) is 46.9 Å². The molecule has 0 saturated carbocycles. The van der Waals surface area contributed by atoms with Gasteiger partial charge in [0.1, 0.15) is 0 Å². The van der Waals surface area contributed by atoms with Gasteiger partial charge in [0.15, 0.2) is 0 Å². The highest BCUT2D eigenvalue weighted by Gasteiger charge is 2.25. The molecule has 130 valence electrons. The number of piperidine rings is 1. The molecule has 1 aliphatic rings. The van der Waals surface area contributed by atoms with E-state index in [1.165, 1.54) is 0 Å². The van der Waals surface area contributed by atoms with Crippen molar-refractivity contribution in [2.45, 2.75) is 26.2 Å². The van der Waals surface area contributed by atoms with Crippen LogP contribution in [-0.2, 0) is 4.79 Å². The topological polar surface area (TPSA) is 77.9 Å². The van der Waals surface area contributed by atoms with Gasteiger partial charge in [-0.15, -0.1) is 0 Å². The van der Waals surface area contributed by atoms with Gasteiger partial charge in [-0.2, -0.15) is 0 Å². The van der Waals surface area contributed by atoms with E-state index in [0.29, 0.717) is 43.6 Å². The standard InChI is InChI=1S/C18H24N2O4/c1-3-19(2)17(23)14-5-4-6-15(12-14)18(24)20-9-7-13(8-10-20)11-16(21)22/h4-6,12-13H,3,7-11H2,1-2H3,(H,21,22). The van der Waals surface area contributed by atoms with Gasteiger partial charge in [-0.05, 0) is 43.9 Å². The molecule has 6 nitrogen and oxygen atoms in total. The summed E-state index contributed by atoms with van der Waals surface area (Å²) < 4.78 is 0. The van der Waals surface area contributed by atoms with Crippen LogP contribution >= 0.6 is 0 Å². The second-order valence-electron chi connectivity index (χ2n) is 6.23. The first-order valence-electron chi connectivity index (χ1n) is 8.29. The van der Waals surface area contributed by atoms with Gasteiger partial charge in [0.05, 0.1) is 0 Å². The molecule has 1 saturated heterocycles. The van der Waals surface area contributed by atoms with Crippen molar-refractivity contribution >= 4 is 17.8 Å². The molecule has 1 aromatic rings. The van der Waals surface area contributed by atoms with Crippen LogP contribution in [0, 0.1) is 5.92 Å². The number of hydrogen-bond acceptors (Lipinski definition) is 3. The number of likely N-dealkylation sites (tertiary alicyclic amines) is 1. The van der Waals surface area contributed by atoms with Crippen molar-refractivity contribution in [3.63, 3.8) is 0 Å². The summed E-state index contributed by atoms with van der Waals surface area (Å²) in [6.45, 7) is 3.62. The van der Waals surface area contributed by atoms with E-state index in [9.17, 15) is 14.4 Å². The van der Waals surface area contributed by atoms with E-state index in [1.54, 1.807) is 41.1 Å². The number of benzene rings is 1. The van der Waals surface area contributed by atoms with Crippen molar-refractivity contribution in [2.75, 3.05) is 26.7 Å². The number of aliphatic carboxylic acids is 1. The summed E-state index contributed by atoms with van der Waals surface area (Å²) in [5, 5.41) is 8.85. The summed E-state index contributed by atoms with van der Waals surface area (Å²) >= 11 is 0. The predicted molar refractivity (Wildman–Crippen MR) is 90.0 cm³/mol. The van der Waals surface area contributed by atoms with Crippen LogP contribution in [-0.4, -0.2) is 59.4 Å². The van der Waals surface area contributed by atoms with Gasteiger partial charge in [0.25, 0.3) is 11.8 Å². The molecule has 0 aromatic heterocycles. The molecule has 0 bridgehead atoms. The fraction of sp³-hybridized carbons (Fsp3) is 0.500. The number of carboxylic acids is 1. The lowest BCUT2D eigenvalue weighted by atomic mass is 9.93. The van der Waals surface area contributed by atoms with Gasteiger partial charge in [-0.3, -0.25) is 14.4 Å². The normalized spacial score (nSPS) is 15.2.